The molecule has 2 heterocycles. The van der Waals surface area contributed by atoms with Crippen LogP contribution in [0.3, 0.4) is 0 Å². The minimum absolute atomic E-state index is 0.0649. The van der Waals surface area contributed by atoms with Crippen LogP contribution in [0.25, 0.3) is 10.2 Å². The first kappa shape index (κ1) is 17.1. The average molecular weight is 388 g/mol. The highest BCUT2D eigenvalue weighted by Crippen LogP contribution is 2.33. The summed E-state index contributed by atoms with van der Waals surface area (Å²) in [6, 6.07) is 15.2. The first-order valence-corrected chi connectivity index (χ1v) is 9.71. The first-order chi connectivity index (χ1) is 12.7. The summed E-state index contributed by atoms with van der Waals surface area (Å²) in [5.41, 5.74) is 1.59. The topological polar surface area (TPSA) is 54.5 Å². The number of carbonyl (C=O) groups excluding carboxylic acids is 1. The number of hydrogen-bond donors (Lipinski definition) is 1. The summed E-state index contributed by atoms with van der Waals surface area (Å²) in [4.78, 5) is 18.6. The number of para-hydroxylation sites is 2. The molecule has 0 atom stereocenters. The van der Waals surface area contributed by atoms with Crippen molar-refractivity contribution in [2.75, 3.05) is 18.4 Å². The molecule has 0 saturated carbocycles. The highest BCUT2D eigenvalue weighted by atomic mass is 35.5. The molecular formula is C19H18ClN3O2S. The predicted octanol–water partition coefficient (Wildman–Crippen LogP) is 5.03. The Bertz CT molecular complexity index is 908. The number of rotatable bonds is 3. The SMILES string of the molecule is O=C(Nc1ccccc1)N1CCC(Oc2nc3c(Cl)cccc3s2)CC1. The number of benzene rings is 2. The molecule has 4 rings (SSSR count). The summed E-state index contributed by atoms with van der Waals surface area (Å²) in [5, 5.41) is 4.20. The number of likely N-dealkylation sites (tertiary alicyclic amines) is 1. The molecule has 1 saturated heterocycles. The van der Waals surface area contributed by atoms with Crippen molar-refractivity contribution in [3.8, 4) is 5.19 Å². The van der Waals surface area contributed by atoms with Crippen LogP contribution in [0, 0.1) is 0 Å². The second kappa shape index (κ2) is 7.51. The molecule has 2 amide bonds. The number of thiazole rings is 1. The second-order valence-corrected chi connectivity index (χ2v) is 7.57. The van der Waals surface area contributed by atoms with Crippen LogP contribution >= 0.6 is 22.9 Å². The molecule has 2 aromatic carbocycles. The molecule has 0 bridgehead atoms. The fourth-order valence-corrected chi connectivity index (χ4v) is 4.17. The van der Waals surface area contributed by atoms with Crippen LogP contribution in [0.4, 0.5) is 10.5 Å². The van der Waals surface area contributed by atoms with E-state index in [0.29, 0.717) is 23.3 Å². The molecule has 1 aliphatic rings. The summed E-state index contributed by atoms with van der Waals surface area (Å²) < 4.78 is 7.05. The van der Waals surface area contributed by atoms with Crippen LogP contribution in [0.1, 0.15) is 12.8 Å². The smallest absolute Gasteiger partial charge is 0.321 e. The summed E-state index contributed by atoms with van der Waals surface area (Å²) >= 11 is 7.67. The van der Waals surface area contributed by atoms with Crippen molar-refractivity contribution in [3.05, 3.63) is 53.6 Å². The lowest BCUT2D eigenvalue weighted by atomic mass is 10.1. The number of hydrogen-bond acceptors (Lipinski definition) is 4. The number of aromatic nitrogens is 1. The summed E-state index contributed by atoms with van der Waals surface area (Å²) in [6.45, 7) is 1.32. The number of piperidine rings is 1. The lowest BCUT2D eigenvalue weighted by Crippen LogP contribution is -2.43. The second-order valence-electron chi connectivity index (χ2n) is 6.17. The van der Waals surface area contributed by atoms with Crippen LogP contribution in [0.5, 0.6) is 5.19 Å². The van der Waals surface area contributed by atoms with Crippen molar-refractivity contribution in [3.63, 3.8) is 0 Å². The van der Waals surface area contributed by atoms with E-state index in [-0.39, 0.29) is 12.1 Å². The van der Waals surface area contributed by atoms with Gasteiger partial charge in [-0.3, -0.25) is 0 Å². The molecule has 1 aliphatic heterocycles. The number of anilines is 1. The number of nitrogens with zero attached hydrogens (tertiary/aromatic N) is 2. The van der Waals surface area contributed by atoms with Crippen molar-refractivity contribution in [1.29, 1.82) is 0 Å². The number of ether oxygens (including phenoxy) is 1. The monoisotopic (exact) mass is 387 g/mol. The molecular weight excluding hydrogens is 370 g/mol. The molecule has 7 heteroatoms. The predicted molar refractivity (Wildman–Crippen MR) is 105 cm³/mol. The van der Waals surface area contributed by atoms with Gasteiger partial charge >= 0.3 is 6.03 Å². The van der Waals surface area contributed by atoms with Crippen LogP contribution in [0.2, 0.25) is 5.02 Å². The highest BCUT2D eigenvalue weighted by molar-refractivity contribution is 7.20. The van der Waals surface area contributed by atoms with E-state index in [4.69, 9.17) is 16.3 Å². The fourth-order valence-electron chi connectivity index (χ4n) is 2.99. The van der Waals surface area contributed by atoms with Crippen LogP contribution < -0.4 is 10.1 Å². The Balaban J connectivity index is 1.33. The van der Waals surface area contributed by atoms with Gasteiger partial charge in [0.1, 0.15) is 11.6 Å². The van der Waals surface area contributed by atoms with Gasteiger partial charge in [-0.25, -0.2) is 9.78 Å². The first-order valence-electron chi connectivity index (χ1n) is 8.52. The van der Waals surface area contributed by atoms with E-state index in [9.17, 15) is 4.79 Å². The summed E-state index contributed by atoms with van der Waals surface area (Å²) in [5.74, 6) is 0. The molecule has 1 N–H and O–H groups in total. The molecule has 1 fully saturated rings. The Morgan fingerprint density at radius 1 is 1.15 bits per heavy atom. The van der Waals surface area contributed by atoms with Gasteiger partial charge in [0, 0.05) is 31.6 Å². The number of carbonyl (C=O) groups is 1. The van der Waals surface area contributed by atoms with Crippen molar-refractivity contribution >= 4 is 44.9 Å². The lowest BCUT2D eigenvalue weighted by molar-refractivity contribution is 0.115. The molecule has 26 heavy (non-hydrogen) atoms. The van der Waals surface area contributed by atoms with Gasteiger partial charge in [-0.2, -0.15) is 0 Å². The van der Waals surface area contributed by atoms with E-state index in [1.807, 2.05) is 53.4 Å². The molecule has 0 spiro atoms. The molecule has 5 nitrogen and oxygen atoms in total. The maximum absolute atomic E-state index is 12.3. The van der Waals surface area contributed by atoms with E-state index < -0.39 is 0 Å². The van der Waals surface area contributed by atoms with E-state index in [1.165, 1.54) is 11.3 Å². The number of nitrogens with one attached hydrogen (secondary N) is 1. The molecule has 0 aliphatic carbocycles. The zero-order chi connectivity index (χ0) is 17.9. The molecule has 134 valence electrons. The van der Waals surface area contributed by atoms with E-state index in [1.54, 1.807) is 0 Å². The van der Waals surface area contributed by atoms with E-state index in [0.717, 1.165) is 28.7 Å². The van der Waals surface area contributed by atoms with Crippen LogP contribution in [0.15, 0.2) is 48.5 Å². The van der Waals surface area contributed by atoms with Crippen LogP contribution in [-0.4, -0.2) is 35.1 Å². The van der Waals surface area contributed by atoms with Gasteiger partial charge in [0.25, 0.3) is 5.19 Å². The summed E-state index contributed by atoms with van der Waals surface area (Å²) in [6.07, 6.45) is 1.63. The van der Waals surface area contributed by atoms with Crippen molar-refractivity contribution < 1.29 is 9.53 Å². The molecule has 0 radical (unpaired) electrons. The molecule has 3 aromatic rings. The van der Waals surface area contributed by atoms with Gasteiger partial charge in [0.05, 0.1) is 9.72 Å². The van der Waals surface area contributed by atoms with Crippen molar-refractivity contribution in [1.82, 2.24) is 9.88 Å². The Hall–Kier alpha value is -2.31. The third kappa shape index (κ3) is 3.76. The quantitative estimate of drug-likeness (QED) is 0.686. The van der Waals surface area contributed by atoms with Gasteiger partial charge in [-0.15, -0.1) is 0 Å². The minimum Gasteiger partial charge on any atom is -0.467 e. The van der Waals surface area contributed by atoms with Gasteiger partial charge < -0.3 is 15.0 Å². The van der Waals surface area contributed by atoms with Gasteiger partial charge in [-0.1, -0.05) is 47.2 Å². The van der Waals surface area contributed by atoms with Crippen molar-refractivity contribution in [2.45, 2.75) is 18.9 Å². The number of urea groups is 1. The maximum Gasteiger partial charge on any atom is 0.321 e. The number of halogens is 1. The number of fused-ring (bicyclic) bond motifs is 1. The highest BCUT2D eigenvalue weighted by Gasteiger charge is 2.25. The van der Waals surface area contributed by atoms with Crippen LogP contribution in [-0.2, 0) is 0 Å². The van der Waals surface area contributed by atoms with Gasteiger partial charge in [0.15, 0.2) is 0 Å². The zero-order valence-electron chi connectivity index (χ0n) is 14.0. The van der Waals surface area contributed by atoms with Crippen molar-refractivity contribution in [2.24, 2.45) is 0 Å². The summed E-state index contributed by atoms with van der Waals surface area (Å²) in [7, 11) is 0. The number of amides is 2. The Morgan fingerprint density at radius 2 is 1.92 bits per heavy atom. The third-order valence-electron chi connectivity index (χ3n) is 4.37. The zero-order valence-corrected chi connectivity index (χ0v) is 15.6. The average Bonchev–Trinajstić information content (AvgIpc) is 3.07. The Labute approximate surface area is 160 Å². The maximum atomic E-state index is 12.3. The fraction of sp³-hybridized carbons (Fsp3) is 0.263. The molecule has 0 unspecified atom stereocenters. The normalized spacial score (nSPS) is 15.2. The van der Waals surface area contributed by atoms with E-state index in [2.05, 4.69) is 10.3 Å². The lowest BCUT2D eigenvalue weighted by Gasteiger charge is -2.31. The largest absolute Gasteiger partial charge is 0.467 e. The standard InChI is InChI=1S/C19H18ClN3O2S/c20-15-7-4-8-16-17(15)22-19(26-16)25-14-9-11-23(12-10-14)18(24)21-13-5-2-1-3-6-13/h1-8,14H,9-12H2,(H,21,24). The van der Waals surface area contributed by atoms with Gasteiger partial charge in [-0.05, 0) is 24.3 Å². The van der Waals surface area contributed by atoms with E-state index >= 15 is 0 Å². The Morgan fingerprint density at radius 3 is 2.65 bits per heavy atom. The minimum atomic E-state index is -0.0681. The van der Waals surface area contributed by atoms with Gasteiger partial charge in [0.2, 0.25) is 0 Å². The Kier molecular flexibility index (Phi) is 4.95. The molecule has 1 aromatic heterocycles. The third-order valence-corrected chi connectivity index (χ3v) is 5.59.